The van der Waals surface area contributed by atoms with Crippen LogP contribution in [-0.4, -0.2) is 23.3 Å². The number of carbonyl (C=O) groups is 2. The number of thioether (sulfide) groups is 1. The van der Waals surface area contributed by atoms with Crippen molar-refractivity contribution in [3.05, 3.63) is 57.2 Å². The zero-order valence-corrected chi connectivity index (χ0v) is 14.0. The third-order valence-corrected chi connectivity index (χ3v) is 4.96. The smallest absolute Gasteiger partial charge is 0.230 e. The minimum Gasteiger partial charge on any atom is -0.369 e. The summed E-state index contributed by atoms with van der Waals surface area (Å²) in [5.41, 5.74) is 6.02. The van der Waals surface area contributed by atoms with Crippen molar-refractivity contribution in [3.8, 4) is 0 Å². The summed E-state index contributed by atoms with van der Waals surface area (Å²) in [7, 11) is 0. The number of carbonyl (C=O) groups excluding carboxylic acids is 2. The zero-order valence-electron chi connectivity index (χ0n) is 11.6. The van der Waals surface area contributed by atoms with Crippen LogP contribution in [0.1, 0.15) is 16.5 Å². The lowest BCUT2D eigenvalue weighted by molar-refractivity contribution is -0.119. The summed E-state index contributed by atoms with van der Waals surface area (Å²) < 4.78 is 0. The highest BCUT2D eigenvalue weighted by atomic mass is 35.5. The summed E-state index contributed by atoms with van der Waals surface area (Å²) >= 11 is 8.69. The number of nitrogens with one attached hydrogen (secondary N) is 1. The third kappa shape index (κ3) is 5.05. The van der Waals surface area contributed by atoms with Gasteiger partial charge in [-0.25, -0.2) is 0 Å². The molecule has 2 amide bonds. The average Bonchev–Trinajstić information content (AvgIpc) is 2.99. The average molecular weight is 355 g/mol. The van der Waals surface area contributed by atoms with E-state index in [-0.39, 0.29) is 23.5 Å². The molecule has 1 unspecified atom stereocenters. The number of halogens is 1. The van der Waals surface area contributed by atoms with Gasteiger partial charge in [0.2, 0.25) is 11.8 Å². The summed E-state index contributed by atoms with van der Waals surface area (Å²) in [4.78, 5) is 23.8. The van der Waals surface area contributed by atoms with E-state index in [1.807, 2.05) is 29.6 Å². The minimum absolute atomic E-state index is 0.137. The van der Waals surface area contributed by atoms with Gasteiger partial charge in [-0.3, -0.25) is 9.59 Å². The first-order chi connectivity index (χ1) is 10.6. The highest BCUT2D eigenvalue weighted by molar-refractivity contribution is 8.00. The summed E-state index contributed by atoms with van der Waals surface area (Å²) in [6, 6.07) is 11.1. The van der Waals surface area contributed by atoms with Gasteiger partial charge in [0.15, 0.2) is 0 Å². The van der Waals surface area contributed by atoms with Gasteiger partial charge in [0.25, 0.3) is 0 Å². The van der Waals surface area contributed by atoms with E-state index >= 15 is 0 Å². The number of hydrogen-bond donors (Lipinski definition) is 2. The second kappa shape index (κ2) is 8.22. The number of amides is 2. The first-order valence-corrected chi connectivity index (χ1v) is 8.92. The van der Waals surface area contributed by atoms with E-state index < -0.39 is 5.91 Å². The fraction of sp³-hybridized carbons (Fsp3) is 0.200. The van der Waals surface area contributed by atoms with Gasteiger partial charge in [0.1, 0.15) is 0 Å². The van der Waals surface area contributed by atoms with Gasteiger partial charge in [-0.1, -0.05) is 29.8 Å². The second-order valence-electron chi connectivity index (χ2n) is 4.53. The molecule has 0 saturated carbocycles. The molecule has 3 N–H and O–H groups in total. The van der Waals surface area contributed by atoms with Crippen molar-refractivity contribution >= 4 is 46.5 Å². The van der Waals surface area contributed by atoms with Gasteiger partial charge < -0.3 is 11.1 Å². The second-order valence-corrected chi connectivity index (χ2v) is 6.93. The molecule has 1 atom stereocenters. The largest absolute Gasteiger partial charge is 0.369 e. The maximum Gasteiger partial charge on any atom is 0.230 e. The molecular formula is C15H15ClN2O2S2. The molecule has 4 nitrogen and oxygen atoms in total. The molecule has 2 rings (SSSR count). The van der Waals surface area contributed by atoms with Crippen molar-refractivity contribution in [2.45, 2.75) is 6.04 Å². The molecule has 1 aromatic heterocycles. The van der Waals surface area contributed by atoms with Crippen molar-refractivity contribution in [2.75, 3.05) is 11.5 Å². The number of rotatable bonds is 7. The molecular weight excluding hydrogens is 340 g/mol. The van der Waals surface area contributed by atoms with Crippen LogP contribution >= 0.6 is 34.7 Å². The molecule has 0 saturated heterocycles. The molecule has 1 heterocycles. The first-order valence-electron chi connectivity index (χ1n) is 6.50. The number of benzene rings is 1. The summed E-state index contributed by atoms with van der Waals surface area (Å²) in [5.74, 6) is -0.235. The van der Waals surface area contributed by atoms with E-state index in [1.165, 1.54) is 11.8 Å². The normalized spacial score (nSPS) is 11.9. The molecule has 0 fully saturated rings. The SMILES string of the molecule is NC(=O)CSCC(=O)NC(c1ccc(Cl)cc1)c1cccs1. The summed E-state index contributed by atoms with van der Waals surface area (Å²) in [6.45, 7) is 0. The number of nitrogens with two attached hydrogens (primary N) is 1. The summed E-state index contributed by atoms with van der Waals surface area (Å²) in [6.07, 6.45) is 0. The van der Waals surface area contributed by atoms with E-state index in [2.05, 4.69) is 5.32 Å². The molecule has 1 aromatic carbocycles. The number of thiophene rings is 1. The summed E-state index contributed by atoms with van der Waals surface area (Å²) in [5, 5.41) is 5.60. The Morgan fingerprint density at radius 1 is 1.23 bits per heavy atom. The van der Waals surface area contributed by atoms with E-state index in [0.717, 1.165) is 10.4 Å². The van der Waals surface area contributed by atoms with Crippen LogP contribution in [0.15, 0.2) is 41.8 Å². The van der Waals surface area contributed by atoms with Gasteiger partial charge in [-0.05, 0) is 29.1 Å². The number of hydrogen-bond acceptors (Lipinski definition) is 4. The van der Waals surface area contributed by atoms with Gasteiger partial charge >= 0.3 is 0 Å². The van der Waals surface area contributed by atoms with Gasteiger partial charge in [-0.2, -0.15) is 0 Å². The Balaban J connectivity index is 2.07. The molecule has 7 heteroatoms. The molecule has 0 radical (unpaired) electrons. The molecule has 0 bridgehead atoms. The molecule has 0 aliphatic carbocycles. The Kier molecular flexibility index (Phi) is 6.30. The highest BCUT2D eigenvalue weighted by Gasteiger charge is 2.18. The predicted octanol–water partition coefficient (Wildman–Crippen LogP) is 2.83. The van der Waals surface area contributed by atoms with Crippen LogP contribution in [0.25, 0.3) is 0 Å². The molecule has 0 aliphatic heterocycles. The lowest BCUT2D eigenvalue weighted by Crippen LogP contribution is -2.30. The van der Waals surface area contributed by atoms with Crippen LogP contribution < -0.4 is 11.1 Å². The predicted molar refractivity (Wildman–Crippen MR) is 92.3 cm³/mol. The zero-order chi connectivity index (χ0) is 15.9. The number of primary amides is 1. The van der Waals surface area contributed by atoms with Crippen LogP contribution in [-0.2, 0) is 9.59 Å². The van der Waals surface area contributed by atoms with Crippen LogP contribution in [0.3, 0.4) is 0 Å². The molecule has 116 valence electrons. The quantitative estimate of drug-likeness (QED) is 0.803. The van der Waals surface area contributed by atoms with Crippen LogP contribution in [0, 0.1) is 0 Å². The van der Waals surface area contributed by atoms with E-state index in [9.17, 15) is 9.59 Å². The Labute approximate surface area is 142 Å². The van der Waals surface area contributed by atoms with Crippen LogP contribution in [0.4, 0.5) is 0 Å². The van der Waals surface area contributed by atoms with Gasteiger partial charge in [-0.15, -0.1) is 23.1 Å². The first kappa shape index (κ1) is 16.9. The van der Waals surface area contributed by atoms with Gasteiger partial charge in [0.05, 0.1) is 17.5 Å². The third-order valence-electron chi connectivity index (χ3n) is 2.81. The lowest BCUT2D eigenvalue weighted by Gasteiger charge is -2.18. The van der Waals surface area contributed by atoms with Crippen molar-refractivity contribution < 1.29 is 9.59 Å². The van der Waals surface area contributed by atoms with E-state index in [4.69, 9.17) is 17.3 Å². The molecule has 22 heavy (non-hydrogen) atoms. The lowest BCUT2D eigenvalue weighted by atomic mass is 10.1. The van der Waals surface area contributed by atoms with E-state index in [1.54, 1.807) is 23.5 Å². The Morgan fingerprint density at radius 2 is 1.95 bits per heavy atom. The highest BCUT2D eigenvalue weighted by Crippen LogP contribution is 2.27. The van der Waals surface area contributed by atoms with Crippen molar-refractivity contribution in [1.29, 1.82) is 0 Å². The molecule has 0 spiro atoms. The maximum absolute atomic E-state index is 12.1. The fourth-order valence-corrected chi connectivity index (χ4v) is 3.38. The topological polar surface area (TPSA) is 72.2 Å². The minimum atomic E-state index is -0.426. The van der Waals surface area contributed by atoms with Crippen molar-refractivity contribution in [3.63, 3.8) is 0 Å². The maximum atomic E-state index is 12.1. The Bertz CT molecular complexity index is 630. The fourth-order valence-electron chi connectivity index (χ4n) is 1.88. The van der Waals surface area contributed by atoms with Crippen molar-refractivity contribution in [2.24, 2.45) is 5.73 Å². The Hall–Kier alpha value is -1.50. The molecule has 0 aliphatic rings. The van der Waals surface area contributed by atoms with Crippen LogP contribution in [0.2, 0.25) is 5.02 Å². The standard InChI is InChI=1S/C15H15ClN2O2S2/c16-11-5-3-10(4-6-11)15(12-2-1-7-22-12)18-14(20)9-21-8-13(17)19/h1-7,15H,8-9H2,(H2,17,19)(H,18,20). The van der Waals surface area contributed by atoms with Crippen molar-refractivity contribution in [1.82, 2.24) is 5.32 Å². The van der Waals surface area contributed by atoms with Gasteiger partial charge in [0, 0.05) is 9.90 Å². The monoisotopic (exact) mass is 354 g/mol. The molecule has 2 aromatic rings. The Morgan fingerprint density at radius 3 is 2.55 bits per heavy atom. The van der Waals surface area contributed by atoms with Crippen LogP contribution in [0.5, 0.6) is 0 Å². The van der Waals surface area contributed by atoms with E-state index in [0.29, 0.717) is 5.02 Å².